The maximum atomic E-state index is 11.7. The summed E-state index contributed by atoms with van der Waals surface area (Å²) in [4.78, 5) is 30.8. The summed E-state index contributed by atoms with van der Waals surface area (Å²) in [6.45, 7) is -0.0605. The molecule has 0 saturated carbocycles. The molecule has 0 saturated heterocycles. The SMILES string of the molecule is O=C(NOP(=O)(O)Oc1ccc([N+](=O)[O-])cc1)OCc1ccccc1. The topological polar surface area (TPSA) is 137 Å². The fourth-order valence-corrected chi connectivity index (χ4v) is 2.24. The predicted molar refractivity (Wildman–Crippen MR) is 84.4 cm³/mol. The van der Waals surface area contributed by atoms with E-state index in [4.69, 9.17) is 4.74 Å². The van der Waals surface area contributed by atoms with Gasteiger partial charge in [0.05, 0.1) is 4.92 Å². The zero-order valence-electron chi connectivity index (χ0n) is 12.6. The zero-order chi connectivity index (χ0) is 18.3. The molecule has 25 heavy (non-hydrogen) atoms. The van der Waals surface area contributed by atoms with Crippen molar-refractivity contribution in [3.8, 4) is 5.75 Å². The van der Waals surface area contributed by atoms with Crippen molar-refractivity contribution in [3.63, 3.8) is 0 Å². The van der Waals surface area contributed by atoms with E-state index in [2.05, 4.69) is 9.15 Å². The third-order valence-corrected chi connectivity index (χ3v) is 3.49. The lowest BCUT2D eigenvalue weighted by Gasteiger charge is -2.13. The number of carbonyl (C=O) groups excluding carboxylic acids is 1. The third-order valence-electron chi connectivity index (χ3n) is 2.73. The van der Waals surface area contributed by atoms with Gasteiger partial charge >= 0.3 is 13.9 Å². The number of rotatable bonds is 7. The van der Waals surface area contributed by atoms with Gasteiger partial charge in [-0.15, -0.1) is 0 Å². The Balaban J connectivity index is 1.81. The van der Waals surface area contributed by atoms with Crippen molar-refractivity contribution in [1.82, 2.24) is 5.48 Å². The highest BCUT2D eigenvalue weighted by Gasteiger charge is 2.25. The number of phosphoric acid groups is 1. The number of hydrogen-bond acceptors (Lipinski definition) is 7. The quantitative estimate of drug-likeness (QED) is 0.432. The molecule has 2 rings (SSSR count). The van der Waals surface area contributed by atoms with Gasteiger partial charge in [-0.2, -0.15) is 10.1 Å². The Labute approximate surface area is 141 Å². The van der Waals surface area contributed by atoms with Gasteiger partial charge in [-0.25, -0.2) is 9.36 Å². The summed E-state index contributed by atoms with van der Waals surface area (Å²) < 4.78 is 25.4. The Hall–Kier alpha value is -2.94. The van der Waals surface area contributed by atoms with Crippen LogP contribution in [0.5, 0.6) is 5.75 Å². The first-order valence-electron chi connectivity index (χ1n) is 6.78. The molecule has 2 aromatic rings. The summed E-state index contributed by atoms with van der Waals surface area (Å²) in [6, 6.07) is 13.1. The van der Waals surface area contributed by atoms with Gasteiger partial charge in [-0.05, 0) is 17.7 Å². The summed E-state index contributed by atoms with van der Waals surface area (Å²) >= 11 is 0. The number of hydroxylamine groups is 1. The number of nitrogens with zero attached hydrogens (tertiary/aromatic N) is 1. The van der Waals surface area contributed by atoms with Crippen LogP contribution < -0.4 is 10.0 Å². The average molecular weight is 368 g/mol. The Morgan fingerprint density at radius 3 is 2.40 bits per heavy atom. The largest absolute Gasteiger partial charge is 0.549 e. The van der Waals surface area contributed by atoms with E-state index < -0.39 is 18.8 Å². The van der Waals surface area contributed by atoms with E-state index in [9.17, 15) is 24.4 Å². The Bertz CT molecular complexity index is 781. The van der Waals surface area contributed by atoms with Crippen LogP contribution >= 0.6 is 7.82 Å². The van der Waals surface area contributed by atoms with Crippen LogP contribution in [0.1, 0.15) is 5.56 Å². The Kier molecular flexibility index (Phi) is 6.07. The minimum Gasteiger partial charge on any atom is -0.443 e. The summed E-state index contributed by atoms with van der Waals surface area (Å²) in [5, 5.41) is 10.5. The highest BCUT2D eigenvalue weighted by Crippen LogP contribution is 2.42. The monoisotopic (exact) mass is 368 g/mol. The summed E-state index contributed by atoms with van der Waals surface area (Å²) in [7, 11) is -4.68. The minimum atomic E-state index is -4.68. The zero-order valence-corrected chi connectivity index (χ0v) is 13.5. The smallest absolute Gasteiger partial charge is 0.443 e. The first-order valence-corrected chi connectivity index (χ1v) is 8.27. The van der Waals surface area contributed by atoms with Crippen LogP contribution in [0.2, 0.25) is 0 Å². The van der Waals surface area contributed by atoms with Crippen LogP contribution in [0.4, 0.5) is 10.5 Å². The summed E-state index contributed by atoms with van der Waals surface area (Å²) in [5.74, 6) is -0.157. The number of ether oxygens (including phenoxy) is 1. The van der Waals surface area contributed by atoms with Crippen molar-refractivity contribution in [2.75, 3.05) is 0 Å². The molecule has 0 spiro atoms. The molecule has 0 aliphatic rings. The molecule has 11 heteroatoms. The number of non-ortho nitro benzene ring substituents is 1. The molecule has 0 fully saturated rings. The van der Waals surface area contributed by atoms with Gasteiger partial charge < -0.3 is 9.26 Å². The van der Waals surface area contributed by atoms with Crippen molar-refractivity contribution in [2.45, 2.75) is 6.61 Å². The molecule has 0 aliphatic carbocycles. The molecule has 2 aromatic carbocycles. The lowest BCUT2D eigenvalue weighted by Crippen LogP contribution is -2.24. The van der Waals surface area contributed by atoms with Crippen LogP contribution in [0.25, 0.3) is 0 Å². The van der Waals surface area contributed by atoms with Crippen molar-refractivity contribution in [2.24, 2.45) is 0 Å². The first kappa shape index (κ1) is 18.4. The number of phosphoric ester groups is 1. The molecule has 10 nitrogen and oxygen atoms in total. The molecule has 1 atom stereocenters. The molecule has 2 N–H and O–H groups in total. The maximum Gasteiger partial charge on any atom is 0.549 e. The van der Waals surface area contributed by atoms with E-state index in [-0.39, 0.29) is 18.0 Å². The van der Waals surface area contributed by atoms with E-state index >= 15 is 0 Å². The second kappa shape index (κ2) is 8.25. The standard InChI is InChI=1S/C14H13N2O8P/c17-14(22-10-11-4-2-1-3-5-11)15-24-25(20,21)23-13-8-6-12(7-9-13)16(18)19/h1-9H,10H2,(H,15,17)(H,20,21). The number of nitro groups is 1. The second-order valence-electron chi connectivity index (χ2n) is 4.57. The minimum absolute atomic E-state index is 0.0605. The number of hydrogen-bond donors (Lipinski definition) is 2. The van der Waals surface area contributed by atoms with Crippen LogP contribution in [0.3, 0.4) is 0 Å². The van der Waals surface area contributed by atoms with Gasteiger partial charge in [0.2, 0.25) is 0 Å². The van der Waals surface area contributed by atoms with Gasteiger partial charge in [-0.1, -0.05) is 30.3 Å². The van der Waals surface area contributed by atoms with Gasteiger partial charge in [0, 0.05) is 12.1 Å². The number of nitro benzene ring substituents is 1. The molecular weight excluding hydrogens is 355 g/mol. The van der Waals surface area contributed by atoms with Gasteiger partial charge in [-0.3, -0.25) is 15.0 Å². The van der Waals surface area contributed by atoms with E-state index in [0.29, 0.717) is 5.56 Å². The van der Waals surface area contributed by atoms with E-state index in [1.165, 1.54) is 0 Å². The van der Waals surface area contributed by atoms with Gasteiger partial charge in [0.1, 0.15) is 12.4 Å². The molecule has 0 aliphatic heterocycles. The molecule has 1 amide bonds. The van der Waals surface area contributed by atoms with Gasteiger partial charge in [0.15, 0.2) is 0 Å². The van der Waals surface area contributed by atoms with Gasteiger partial charge in [0.25, 0.3) is 5.69 Å². The number of benzene rings is 2. The van der Waals surface area contributed by atoms with Crippen LogP contribution in [0.15, 0.2) is 54.6 Å². The van der Waals surface area contributed by atoms with E-state index in [0.717, 1.165) is 24.3 Å². The maximum absolute atomic E-state index is 11.7. The summed E-state index contributed by atoms with van der Waals surface area (Å²) in [6.07, 6.45) is -1.09. The molecule has 0 bridgehead atoms. The van der Waals surface area contributed by atoms with E-state index in [1.807, 2.05) is 0 Å². The van der Waals surface area contributed by atoms with E-state index in [1.54, 1.807) is 35.8 Å². The normalized spacial score (nSPS) is 12.7. The lowest BCUT2D eigenvalue weighted by molar-refractivity contribution is -0.384. The fourth-order valence-electron chi connectivity index (χ4n) is 1.63. The fraction of sp³-hybridized carbons (Fsp3) is 0.0714. The van der Waals surface area contributed by atoms with Crippen LogP contribution in [0, 0.1) is 10.1 Å². The first-order chi connectivity index (χ1) is 11.9. The van der Waals surface area contributed by atoms with Crippen molar-refractivity contribution >= 4 is 19.6 Å². The molecule has 132 valence electrons. The highest BCUT2D eigenvalue weighted by molar-refractivity contribution is 7.47. The Morgan fingerprint density at radius 1 is 1.16 bits per heavy atom. The molecule has 0 heterocycles. The predicted octanol–water partition coefficient (Wildman–Crippen LogP) is 2.93. The molecule has 0 aromatic heterocycles. The average Bonchev–Trinajstić information content (AvgIpc) is 2.59. The molecular formula is C14H13N2O8P. The Morgan fingerprint density at radius 2 is 1.80 bits per heavy atom. The third kappa shape index (κ3) is 6.22. The van der Waals surface area contributed by atoms with Crippen LogP contribution in [-0.2, 0) is 20.5 Å². The molecule has 1 unspecified atom stereocenters. The second-order valence-corrected chi connectivity index (χ2v) is 5.87. The number of carbonyl (C=O) groups is 1. The molecule has 0 radical (unpaired) electrons. The number of nitrogens with one attached hydrogen (secondary N) is 1. The van der Waals surface area contributed by atoms with Crippen molar-refractivity contribution in [3.05, 3.63) is 70.3 Å². The highest BCUT2D eigenvalue weighted by atomic mass is 31.2. The van der Waals surface area contributed by atoms with Crippen molar-refractivity contribution < 1.29 is 33.1 Å². The van der Waals surface area contributed by atoms with Crippen LogP contribution in [-0.4, -0.2) is 15.9 Å². The number of amides is 1. The lowest BCUT2D eigenvalue weighted by atomic mass is 10.2. The van der Waals surface area contributed by atoms with Crippen molar-refractivity contribution in [1.29, 1.82) is 0 Å². The summed E-state index contributed by atoms with van der Waals surface area (Å²) in [5.41, 5.74) is 2.13.